The average molecular weight is 513 g/mol. The highest BCUT2D eigenvalue weighted by Crippen LogP contribution is 2.36. The van der Waals surface area contributed by atoms with E-state index < -0.39 is 0 Å². The Kier molecular flexibility index (Phi) is 6.18. The molecule has 6 rings (SSSR count). The number of ether oxygens (including phenoxy) is 1. The first-order valence-corrected chi connectivity index (χ1v) is 12.7. The van der Waals surface area contributed by atoms with Gasteiger partial charge in [0.15, 0.2) is 5.82 Å². The number of aliphatic hydroxyl groups is 1. The number of nitrogens with one attached hydrogen (secondary N) is 2. The van der Waals surface area contributed by atoms with Crippen molar-refractivity contribution in [1.82, 2.24) is 15.3 Å². The van der Waals surface area contributed by atoms with Crippen LogP contribution in [0.1, 0.15) is 11.3 Å². The van der Waals surface area contributed by atoms with E-state index in [1.807, 2.05) is 54.6 Å². The van der Waals surface area contributed by atoms with Crippen LogP contribution in [0, 0.1) is 11.8 Å². The maximum atomic E-state index is 9.67. The first-order chi connectivity index (χ1) is 17.6. The highest BCUT2D eigenvalue weighted by molar-refractivity contribution is 7.20. The van der Waals surface area contributed by atoms with E-state index in [2.05, 4.69) is 44.6 Å². The van der Waals surface area contributed by atoms with E-state index >= 15 is 0 Å². The van der Waals surface area contributed by atoms with Crippen molar-refractivity contribution < 1.29 is 9.84 Å². The van der Waals surface area contributed by atoms with Crippen LogP contribution in [0.5, 0.6) is 11.5 Å². The Bertz CT molecular complexity index is 1640. The number of halogens is 1. The van der Waals surface area contributed by atoms with Gasteiger partial charge in [-0.1, -0.05) is 59.8 Å². The van der Waals surface area contributed by atoms with Gasteiger partial charge in [0.05, 0.1) is 32.3 Å². The Morgan fingerprint density at radius 2 is 1.94 bits per heavy atom. The van der Waals surface area contributed by atoms with Crippen molar-refractivity contribution in [2.45, 2.75) is 18.6 Å². The molecular weight excluding hydrogens is 492 g/mol. The summed E-state index contributed by atoms with van der Waals surface area (Å²) in [6.07, 6.45) is 1.85. The first kappa shape index (κ1) is 22.8. The van der Waals surface area contributed by atoms with Crippen molar-refractivity contribution in [3.63, 3.8) is 0 Å². The fourth-order valence-corrected chi connectivity index (χ4v) is 5.33. The van der Waals surface area contributed by atoms with Crippen LogP contribution >= 0.6 is 22.9 Å². The predicted molar refractivity (Wildman–Crippen MR) is 145 cm³/mol. The minimum atomic E-state index is -0.330. The smallest absolute Gasteiger partial charge is 0.151 e. The van der Waals surface area contributed by atoms with E-state index in [0.29, 0.717) is 29.6 Å². The normalized spacial score (nSPS) is 17.2. The number of thiophene rings is 1. The molecule has 6 nitrogen and oxygen atoms in total. The van der Waals surface area contributed by atoms with Gasteiger partial charge in [0.2, 0.25) is 0 Å². The molecule has 36 heavy (non-hydrogen) atoms. The van der Waals surface area contributed by atoms with Crippen molar-refractivity contribution in [1.29, 1.82) is 0 Å². The van der Waals surface area contributed by atoms with Gasteiger partial charge in [-0.3, -0.25) is 0 Å². The van der Waals surface area contributed by atoms with Crippen LogP contribution in [0.15, 0.2) is 73.1 Å². The zero-order chi connectivity index (χ0) is 24.5. The van der Waals surface area contributed by atoms with E-state index in [1.165, 1.54) is 17.7 Å². The fraction of sp³-hybridized carbons (Fsp3) is 0.143. The second-order valence-corrected chi connectivity index (χ2v) is 9.98. The van der Waals surface area contributed by atoms with Crippen molar-refractivity contribution in [3.05, 3.63) is 83.0 Å². The number of aromatic nitrogens is 2. The molecule has 1 fully saturated rings. The molecule has 0 amide bonds. The zero-order valence-corrected chi connectivity index (χ0v) is 20.6. The van der Waals surface area contributed by atoms with E-state index in [0.717, 1.165) is 37.3 Å². The number of benzene rings is 3. The highest BCUT2D eigenvalue weighted by Gasteiger charge is 2.19. The number of β-amino-alcohol motifs (C(OH)–C–C–N with tert-alkyl or cyclic N) is 1. The number of nitrogens with zero attached hydrogens (tertiary/aromatic N) is 2. The van der Waals surface area contributed by atoms with Gasteiger partial charge < -0.3 is 20.5 Å². The molecule has 3 N–H and O–H groups in total. The highest BCUT2D eigenvalue weighted by atomic mass is 35.5. The number of fused-ring (bicyclic) bond motifs is 2. The molecule has 0 radical (unpaired) electrons. The molecule has 0 aliphatic carbocycles. The van der Waals surface area contributed by atoms with Crippen LogP contribution in [-0.4, -0.2) is 33.8 Å². The quantitative estimate of drug-likeness (QED) is 0.252. The molecule has 1 aliphatic heterocycles. The summed E-state index contributed by atoms with van der Waals surface area (Å²) in [6.45, 7) is 0.583. The van der Waals surface area contributed by atoms with Crippen molar-refractivity contribution in [2.75, 3.05) is 11.9 Å². The molecular formula is C28H21ClN4O2S. The number of hydrogen-bond acceptors (Lipinski definition) is 7. The third-order valence-electron chi connectivity index (χ3n) is 5.95. The summed E-state index contributed by atoms with van der Waals surface area (Å²) in [7, 11) is 0. The molecule has 2 atom stereocenters. The topological polar surface area (TPSA) is 79.3 Å². The molecule has 0 saturated carbocycles. The Balaban J connectivity index is 1.23. The Hall–Kier alpha value is -3.67. The molecule has 3 aromatic carbocycles. The van der Waals surface area contributed by atoms with Crippen molar-refractivity contribution in [3.8, 4) is 23.3 Å². The molecule has 0 unspecified atom stereocenters. The molecule has 8 heteroatoms. The third kappa shape index (κ3) is 4.72. The van der Waals surface area contributed by atoms with Crippen LogP contribution in [0.2, 0.25) is 5.02 Å². The fourth-order valence-electron chi connectivity index (χ4n) is 4.19. The van der Waals surface area contributed by atoms with Crippen LogP contribution < -0.4 is 15.4 Å². The average Bonchev–Trinajstić information content (AvgIpc) is 3.51. The van der Waals surface area contributed by atoms with Crippen LogP contribution in [0.25, 0.3) is 21.0 Å². The number of anilines is 2. The lowest BCUT2D eigenvalue weighted by atomic mass is 10.1. The molecule has 2 aromatic heterocycles. The number of rotatable bonds is 4. The maximum Gasteiger partial charge on any atom is 0.151 e. The standard InChI is InChI=1S/C28H21ClN4O2S/c29-23-13-19(9-11-26(23)35-25-7-3-5-17-4-1-2-6-22(17)25)33-28-27-24(31-16-32-28)14-21(36-27)10-8-18-12-20(34)15-30-18/h1-7,9,11,13-14,16,18,20,30,34H,12,15H2,(H,31,32,33)/t18-,20+/m1/s1. The third-order valence-corrected chi connectivity index (χ3v) is 7.29. The van der Waals surface area contributed by atoms with Crippen molar-refractivity contribution in [2.24, 2.45) is 0 Å². The molecule has 1 aliphatic rings. The van der Waals surface area contributed by atoms with Gasteiger partial charge in [0, 0.05) is 24.0 Å². The Labute approximate surface area is 216 Å². The largest absolute Gasteiger partial charge is 0.455 e. The van der Waals surface area contributed by atoms with Crippen LogP contribution in [0.4, 0.5) is 11.5 Å². The van der Waals surface area contributed by atoms with Gasteiger partial charge >= 0.3 is 0 Å². The maximum absolute atomic E-state index is 9.67. The van der Waals surface area contributed by atoms with Gasteiger partial charge in [-0.15, -0.1) is 11.3 Å². The van der Waals surface area contributed by atoms with E-state index in [-0.39, 0.29) is 12.1 Å². The molecule has 0 spiro atoms. The summed E-state index contributed by atoms with van der Waals surface area (Å²) >= 11 is 8.12. The van der Waals surface area contributed by atoms with Gasteiger partial charge in [0.25, 0.3) is 0 Å². The predicted octanol–water partition coefficient (Wildman–Crippen LogP) is 6.11. The summed E-state index contributed by atoms with van der Waals surface area (Å²) in [5, 5.41) is 18.8. The lowest BCUT2D eigenvalue weighted by Crippen LogP contribution is -2.19. The van der Waals surface area contributed by atoms with E-state index in [9.17, 15) is 5.11 Å². The van der Waals surface area contributed by atoms with Gasteiger partial charge in [-0.2, -0.15) is 0 Å². The van der Waals surface area contributed by atoms with Gasteiger partial charge in [-0.25, -0.2) is 9.97 Å². The van der Waals surface area contributed by atoms with Crippen molar-refractivity contribution >= 4 is 55.4 Å². The summed E-state index contributed by atoms with van der Waals surface area (Å²) < 4.78 is 7.07. The Morgan fingerprint density at radius 1 is 1.06 bits per heavy atom. The van der Waals surface area contributed by atoms with Gasteiger partial charge in [0.1, 0.15) is 17.8 Å². The van der Waals surface area contributed by atoms with Crippen LogP contribution in [-0.2, 0) is 0 Å². The number of aliphatic hydroxyl groups excluding tert-OH is 1. The minimum absolute atomic E-state index is 0.00522. The monoisotopic (exact) mass is 512 g/mol. The van der Waals surface area contributed by atoms with E-state index in [4.69, 9.17) is 16.3 Å². The lowest BCUT2D eigenvalue weighted by molar-refractivity contribution is 0.195. The summed E-state index contributed by atoms with van der Waals surface area (Å²) in [4.78, 5) is 9.72. The number of hydrogen-bond donors (Lipinski definition) is 3. The minimum Gasteiger partial charge on any atom is -0.455 e. The molecule has 178 valence electrons. The van der Waals surface area contributed by atoms with E-state index in [1.54, 1.807) is 0 Å². The van der Waals surface area contributed by atoms with Crippen LogP contribution in [0.3, 0.4) is 0 Å². The molecule has 5 aromatic rings. The molecule has 0 bridgehead atoms. The summed E-state index contributed by atoms with van der Waals surface area (Å²) in [6, 6.07) is 21.6. The summed E-state index contributed by atoms with van der Waals surface area (Å²) in [5.41, 5.74) is 1.61. The second-order valence-electron chi connectivity index (χ2n) is 8.52. The summed E-state index contributed by atoms with van der Waals surface area (Å²) in [5.74, 6) is 8.41. The zero-order valence-electron chi connectivity index (χ0n) is 19.0. The Morgan fingerprint density at radius 3 is 2.81 bits per heavy atom. The lowest BCUT2D eigenvalue weighted by Gasteiger charge is -2.12. The SMILES string of the molecule is O[C@@H]1CN[C@H](C#Cc2cc3ncnc(Nc4ccc(Oc5cccc6ccccc56)c(Cl)c4)c3s2)C1. The molecule has 3 heterocycles. The second kappa shape index (κ2) is 9.76. The molecule has 1 saturated heterocycles. The first-order valence-electron chi connectivity index (χ1n) is 11.5. The van der Waals surface area contributed by atoms with Gasteiger partial charge in [-0.05, 0) is 35.7 Å².